The Morgan fingerprint density at radius 3 is 2.50 bits per heavy atom. The van der Waals surface area contributed by atoms with Gasteiger partial charge >= 0.3 is 6.09 Å². The Hall–Kier alpha value is -3.33. The SMILES string of the molecule is CC(C)(C)OC(=O)N[C@H](CO)Cc1cc(N)c(OCc2ccccc2)cc1[N+](=O)[O-]. The number of aliphatic hydroxyl groups excluding tert-OH is 1. The molecule has 9 nitrogen and oxygen atoms in total. The van der Waals surface area contributed by atoms with Crippen LogP contribution in [0.15, 0.2) is 42.5 Å². The molecule has 0 aliphatic rings. The molecule has 0 saturated carbocycles. The highest BCUT2D eigenvalue weighted by Crippen LogP contribution is 2.32. The number of alkyl carbamates (subject to hydrolysis) is 1. The molecular formula is C21H27N3O6. The van der Waals surface area contributed by atoms with Gasteiger partial charge in [-0.1, -0.05) is 30.3 Å². The first-order valence-corrected chi connectivity index (χ1v) is 9.43. The first kappa shape index (κ1) is 23.0. The lowest BCUT2D eigenvalue weighted by Crippen LogP contribution is -2.42. The summed E-state index contributed by atoms with van der Waals surface area (Å²) in [4.78, 5) is 23.0. The quantitative estimate of drug-likeness (QED) is 0.341. The largest absolute Gasteiger partial charge is 0.486 e. The minimum absolute atomic E-state index is 0.00474. The van der Waals surface area contributed by atoms with Crippen LogP contribution < -0.4 is 15.8 Å². The number of carbonyl (C=O) groups excluding carboxylic acids is 1. The van der Waals surface area contributed by atoms with Crippen LogP contribution in [0, 0.1) is 10.1 Å². The van der Waals surface area contributed by atoms with E-state index in [1.807, 2.05) is 30.3 Å². The second kappa shape index (κ2) is 9.93. The number of nitrogen functional groups attached to an aromatic ring is 1. The molecule has 162 valence electrons. The van der Waals surface area contributed by atoms with Crippen molar-refractivity contribution in [2.24, 2.45) is 0 Å². The van der Waals surface area contributed by atoms with E-state index in [1.54, 1.807) is 20.8 Å². The number of anilines is 1. The summed E-state index contributed by atoms with van der Waals surface area (Å²) >= 11 is 0. The summed E-state index contributed by atoms with van der Waals surface area (Å²) < 4.78 is 10.8. The topological polar surface area (TPSA) is 137 Å². The van der Waals surface area contributed by atoms with Gasteiger partial charge in [-0.3, -0.25) is 10.1 Å². The fraction of sp³-hybridized carbons (Fsp3) is 0.381. The lowest BCUT2D eigenvalue weighted by molar-refractivity contribution is -0.385. The molecule has 9 heteroatoms. The molecule has 0 aliphatic carbocycles. The van der Waals surface area contributed by atoms with Crippen molar-refractivity contribution in [1.29, 1.82) is 0 Å². The van der Waals surface area contributed by atoms with Crippen molar-refractivity contribution in [1.82, 2.24) is 5.32 Å². The number of nitro groups is 1. The first-order valence-electron chi connectivity index (χ1n) is 9.43. The van der Waals surface area contributed by atoms with Crippen LogP contribution in [0.2, 0.25) is 0 Å². The smallest absolute Gasteiger partial charge is 0.407 e. The molecule has 4 N–H and O–H groups in total. The standard InChI is InChI=1S/C21H27N3O6/c1-21(2,3)30-20(26)23-16(12-25)9-15-10-17(22)19(11-18(15)24(27)28)29-13-14-7-5-4-6-8-14/h4-8,10-11,16,25H,9,12-13,22H2,1-3H3,(H,23,26)/t16-/m0/s1. The van der Waals surface area contributed by atoms with E-state index in [0.717, 1.165) is 5.56 Å². The Morgan fingerprint density at radius 2 is 1.93 bits per heavy atom. The molecule has 1 amide bonds. The number of hydrogen-bond donors (Lipinski definition) is 3. The number of aliphatic hydroxyl groups is 1. The van der Waals surface area contributed by atoms with Crippen molar-refractivity contribution in [2.45, 2.75) is 45.4 Å². The van der Waals surface area contributed by atoms with Gasteiger partial charge < -0.3 is 25.6 Å². The highest BCUT2D eigenvalue weighted by molar-refractivity contribution is 5.68. The van der Waals surface area contributed by atoms with E-state index in [2.05, 4.69) is 5.32 Å². The normalized spacial score (nSPS) is 12.1. The molecule has 0 heterocycles. The first-order chi connectivity index (χ1) is 14.1. The van der Waals surface area contributed by atoms with Crippen LogP contribution in [0.4, 0.5) is 16.2 Å². The molecule has 2 aromatic rings. The summed E-state index contributed by atoms with van der Waals surface area (Å²) in [6.07, 6.45) is -0.727. The van der Waals surface area contributed by atoms with E-state index in [-0.39, 0.29) is 35.7 Å². The number of carbonyl (C=O) groups is 1. The average Bonchev–Trinajstić information content (AvgIpc) is 2.65. The third-order valence-electron chi connectivity index (χ3n) is 4.05. The predicted octanol–water partition coefficient (Wildman–Crippen LogP) is 3.18. The molecule has 0 fully saturated rings. The number of nitro benzene ring substituents is 1. The van der Waals surface area contributed by atoms with E-state index >= 15 is 0 Å². The van der Waals surface area contributed by atoms with Gasteiger partial charge in [-0.25, -0.2) is 4.79 Å². The van der Waals surface area contributed by atoms with E-state index < -0.39 is 29.3 Å². The molecule has 2 rings (SSSR count). The number of nitrogens with one attached hydrogen (secondary N) is 1. The molecule has 0 radical (unpaired) electrons. The molecule has 0 bridgehead atoms. The molecule has 0 saturated heterocycles. The summed E-state index contributed by atoms with van der Waals surface area (Å²) in [6.45, 7) is 4.91. The van der Waals surface area contributed by atoms with Crippen molar-refractivity contribution in [3.8, 4) is 5.75 Å². The van der Waals surface area contributed by atoms with Crippen LogP contribution in [-0.2, 0) is 17.8 Å². The van der Waals surface area contributed by atoms with Gasteiger partial charge in [0.2, 0.25) is 0 Å². The third kappa shape index (κ3) is 6.93. The highest BCUT2D eigenvalue weighted by Gasteiger charge is 2.24. The minimum atomic E-state index is -0.783. The molecule has 0 spiro atoms. The van der Waals surface area contributed by atoms with Gasteiger partial charge in [0.15, 0.2) is 0 Å². The maximum absolute atomic E-state index is 12.0. The highest BCUT2D eigenvalue weighted by atomic mass is 16.6. The van der Waals surface area contributed by atoms with Crippen molar-refractivity contribution in [3.63, 3.8) is 0 Å². The second-order valence-corrected chi connectivity index (χ2v) is 7.78. The van der Waals surface area contributed by atoms with Gasteiger partial charge in [-0.2, -0.15) is 0 Å². The summed E-state index contributed by atoms with van der Waals surface area (Å²) in [6, 6.07) is 11.2. The van der Waals surface area contributed by atoms with Gasteiger partial charge in [-0.15, -0.1) is 0 Å². The zero-order valence-corrected chi connectivity index (χ0v) is 17.3. The van der Waals surface area contributed by atoms with Gasteiger partial charge in [0.25, 0.3) is 5.69 Å². The van der Waals surface area contributed by atoms with Crippen LogP contribution >= 0.6 is 0 Å². The fourth-order valence-electron chi connectivity index (χ4n) is 2.73. The van der Waals surface area contributed by atoms with Gasteiger partial charge in [0.05, 0.1) is 29.3 Å². The van der Waals surface area contributed by atoms with E-state index in [4.69, 9.17) is 15.2 Å². The van der Waals surface area contributed by atoms with Crippen LogP contribution in [0.3, 0.4) is 0 Å². The molecule has 0 aromatic heterocycles. The molecule has 30 heavy (non-hydrogen) atoms. The maximum atomic E-state index is 12.0. The number of nitrogens with zero attached hydrogens (tertiary/aromatic N) is 1. The van der Waals surface area contributed by atoms with Gasteiger partial charge in [0.1, 0.15) is 18.0 Å². The maximum Gasteiger partial charge on any atom is 0.407 e. The van der Waals surface area contributed by atoms with Crippen LogP contribution in [0.5, 0.6) is 5.75 Å². The van der Waals surface area contributed by atoms with E-state index in [9.17, 15) is 20.0 Å². The van der Waals surface area contributed by atoms with E-state index in [1.165, 1.54) is 12.1 Å². The minimum Gasteiger partial charge on any atom is -0.486 e. The fourth-order valence-corrected chi connectivity index (χ4v) is 2.73. The van der Waals surface area contributed by atoms with E-state index in [0.29, 0.717) is 0 Å². The average molecular weight is 417 g/mol. The second-order valence-electron chi connectivity index (χ2n) is 7.78. The van der Waals surface area contributed by atoms with Crippen molar-refractivity contribution in [2.75, 3.05) is 12.3 Å². The molecular weight excluding hydrogens is 390 g/mol. The Labute approximate surface area is 174 Å². The zero-order valence-electron chi connectivity index (χ0n) is 17.3. The Balaban J connectivity index is 2.17. The van der Waals surface area contributed by atoms with Crippen LogP contribution in [-0.4, -0.2) is 34.4 Å². The van der Waals surface area contributed by atoms with Crippen LogP contribution in [0.25, 0.3) is 0 Å². The number of hydrogen-bond acceptors (Lipinski definition) is 7. The monoisotopic (exact) mass is 417 g/mol. The summed E-state index contributed by atoms with van der Waals surface area (Å²) in [5.41, 5.74) is 6.49. The summed E-state index contributed by atoms with van der Waals surface area (Å²) in [7, 11) is 0. The number of benzene rings is 2. The zero-order chi connectivity index (χ0) is 22.3. The predicted molar refractivity (Wildman–Crippen MR) is 112 cm³/mol. The van der Waals surface area contributed by atoms with Crippen molar-refractivity contribution < 1.29 is 24.3 Å². The third-order valence-corrected chi connectivity index (χ3v) is 4.05. The molecule has 2 aromatic carbocycles. The Morgan fingerprint density at radius 1 is 1.27 bits per heavy atom. The van der Waals surface area contributed by atoms with Gasteiger partial charge in [-0.05, 0) is 32.4 Å². The number of nitrogens with two attached hydrogens (primary N) is 1. The summed E-state index contributed by atoms with van der Waals surface area (Å²) in [5.74, 6) is 0.190. The Bertz CT molecular complexity index is 880. The lowest BCUT2D eigenvalue weighted by atomic mass is 10.0. The van der Waals surface area contributed by atoms with Crippen molar-refractivity contribution in [3.05, 3.63) is 63.7 Å². The van der Waals surface area contributed by atoms with Crippen LogP contribution in [0.1, 0.15) is 31.9 Å². The molecule has 0 unspecified atom stereocenters. The Kier molecular flexibility index (Phi) is 7.60. The number of rotatable bonds is 8. The van der Waals surface area contributed by atoms with Crippen molar-refractivity contribution >= 4 is 17.5 Å². The lowest BCUT2D eigenvalue weighted by Gasteiger charge is -2.23. The summed E-state index contributed by atoms with van der Waals surface area (Å²) in [5, 5.41) is 23.7. The molecule has 0 aliphatic heterocycles. The van der Waals surface area contributed by atoms with Gasteiger partial charge in [0, 0.05) is 12.0 Å². The number of amides is 1. The molecule has 1 atom stereocenters. The number of ether oxygens (including phenoxy) is 2.